The van der Waals surface area contributed by atoms with E-state index in [1.54, 1.807) is 0 Å². The first-order chi connectivity index (χ1) is 12.2. The van der Waals surface area contributed by atoms with Gasteiger partial charge in [-0.25, -0.2) is 17.1 Å². The highest BCUT2D eigenvalue weighted by atomic mass is 32.2. The predicted molar refractivity (Wildman–Crippen MR) is 92.4 cm³/mol. The Bertz CT molecular complexity index is 751. The molecule has 2 N–H and O–H groups in total. The normalized spacial score (nSPS) is 20.3. The van der Waals surface area contributed by atoms with Gasteiger partial charge in [-0.15, -0.1) is 0 Å². The average molecular weight is 386 g/mol. The van der Waals surface area contributed by atoms with Gasteiger partial charge in [0.1, 0.15) is 5.82 Å². The third-order valence-electron chi connectivity index (χ3n) is 4.55. The number of carboxylic acids is 1. The van der Waals surface area contributed by atoms with E-state index in [0.717, 1.165) is 16.4 Å². The van der Waals surface area contributed by atoms with Gasteiger partial charge in [0.05, 0.1) is 10.8 Å². The van der Waals surface area contributed by atoms with Crippen LogP contribution in [0.3, 0.4) is 0 Å². The third kappa shape index (κ3) is 5.25. The smallest absolute Gasteiger partial charge is 0.306 e. The molecule has 1 aromatic rings. The molecule has 1 aliphatic carbocycles. The highest BCUT2D eigenvalue weighted by molar-refractivity contribution is 7.89. The van der Waals surface area contributed by atoms with E-state index in [9.17, 15) is 22.4 Å². The molecular formula is C17H23FN2O5S. The number of nitrogens with zero attached hydrogens (tertiary/aromatic N) is 1. The van der Waals surface area contributed by atoms with Crippen LogP contribution in [0.1, 0.15) is 32.1 Å². The second-order valence-electron chi connectivity index (χ2n) is 6.50. The van der Waals surface area contributed by atoms with Crippen LogP contribution >= 0.6 is 0 Å². The molecular weight excluding hydrogens is 363 g/mol. The summed E-state index contributed by atoms with van der Waals surface area (Å²) >= 11 is 0. The van der Waals surface area contributed by atoms with Gasteiger partial charge in [-0.3, -0.25) is 9.59 Å². The molecule has 0 saturated heterocycles. The molecule has 0 aromatic heterocycles. The van der Waals surface area contributed by atoms with Gasteiger partial charge in [0, 0.05) is 26.1 Å². The molecule has 0 radical (unpaired) electrons. The lowest BCUT2D eigenvalue weighted by atomic mass is 10.1. The summed E-state index contributed by atoms with van der Waals surface area (Å²) < 4.78 is 38.7. The van der Waals surface area contributed by atoms with E-state index in [2.05, 4.69) is 5.32 Å². The van der Waals surface area contributed by atoms with Gasteiger partial charge in [-0.2, -0.15) is 0 Å². The summed E-state index contributed by atoms with van der Waals surface area (Å²) in [6, 6.07) is 4.43. The highest BCUT2D eigenvalue weighted by Crippen LogP contribution is 2.25. The Morgan fingerprint density at radius 1 is 1.27 bits per heavy atom. The van der Waals surface area contributed by atoms with Gasteiger partial charge in [0.2, 0.25) is 15.9 Å². The summed E-state index contributed by atoms with van der Waals surface area (Å²) in [6.45, 7) is 0.148. The number of carbonyl (C=O) groups is 2. The van der Waals surface area contributed by atoms with Crippen LogP contribution in [0.2, 0.25) is 0 Å². The summed E-state index contributed by atoms with van der Waals surface area (Å²) in [5.41, 5.74) is 0. The van der Waals surface area contributed by atoms with Crippen LogP contribution in [0.4, 0.5) is 4.39 Å². The van der Waals surface area contributed by atoms with Gasteiger partial charge >= 0.3 is 5.97 Å². The molecule has 0 spiro atoms. The fourth-order valence-corrected chi connectivity index (χ4v) is 4.22. The molecule has 9 heteroatoms. The molecule has 26 heavy (non-hydrogen) atoms. The van der Waals surface area contributed by atoms with Crippen molar-refractivity contribution < 1.29 is 27.5 Å². The molecule has 1 aromatic carbocycles. The number of carboxylic acid groups (broad SMARTS) is 1. The van der Waals surface area contributed by atoms with Gasteiger partial charge in [-0.05, 0) is 49.9 Å². The largest absolute Gasteiger partial charge is 0.481 e. The van der Waals surface area contributed by atoms with Crippen molar-refractivity contribution in [2.45, 2.75) is 43.0 Å². The number of hydrogen-bond donors (Lipinski definition) is 2. The maximum Gasteiger partial charge on any atom is 0.306 e. The number of sulfonamides is 1. The number of nitrogens with one attached hydrogen (secondary N) is 1. The van der Waals surface area contributed by atoms with Crippen LogP contribution in [0.25, 0.3) is 0 Å². The van der Waals surface area contributed by atoms with E-state index in [1.165, 1.54) is 19.2 Å². The zero-order valence-electron chi connectivity index (χ0n) is 14.5. The van der Waals surface area contributed by atoms with Gasteiger partial charge < -0.3 is 10.4 Å². The first kappa shape index (κ1) is 20.3. The maximum atomic E-state index is 12.9. The predicted octanol–water partition coefficient (Wildman–Crippen LogP) is 1.60. The van der Waals surface area contributed by atoms with Crippen LogP contribution in [0.15, 0.2) is 29.2 Å². The van der Waals surface area contributed by atoms with Crippen molar-refractivity contribution in [1.29, 1.82) is 0 Å². The summed E-state index contributed by atoms with van der Waals surface area (Å²) in [6.07, 6.45) is 2.11. The van der Waals surface area contributed by atoms with Crippen LogP contribution < -0.4 is 5.32 Å². The summed E-state index contributed by atoms with van der Waals surface area (Å²) in [5, 5.41) is 11.8. The number of amides is 1. The van der Waals surface area contributed by atoms with Crippen molar-refractivity contribution in [3.63, 3.8) is 0 Å². The highest BCUT2D eigenvalue weighted by Gasteiger charge is 2.30. The lowest BCUT2D eigenvalue weighted by Crippen LogP contribution is -2.34. The van der Waals surface area contributed by atoms with Crippen molar-refractivity contribution in [3.05, 3.63) is 30.1 Å². The molecule has 0 unspecified atom stereocenters. The Morgan fingerprint density at radius 3 is 2.50 bits per heavy atom. The summed E-state index contributed by atoms with van der Waals surface area (Å²) in [5.74, 6) is -1.98. The molecule has 2 atom stereocenters. The van der Waals surface area contributed by atoms with Gasteiger partial charge in [0.15, 0.2) is 0 Å². The maximum absolute atomic E-state index is 12.9. The lowest BCUT2D eigenvalue weighted by Gasteiger charge is -2.17. The molecule has 7 nitrogen and oxygen atoms in total. The van der Waals surface area contributed by atoms with Crippen molar-refractivity contribution in [2.75, 3.05) is 13.6 Å². The first-order valence-corrected chi connectivity index (χ1v) is 9.88. The van der Waals surface area contributed by atoms with E-state index in [4.69, 9.17) is 5.11 Å². The second-order valence-corrected chi connectivity index (χ2v) is 8.54. The zero-order valence-corrected chi connectivity index (χ0v) is 15.3. The summed E-state index contributed by atoms with van der Waals surface area (Å²) in [7, 11) is -2.32. The number of halogens is 1. The quantitative estimate of drug-likeness (QED) is 0.706. The molecule has 1 amide bonds. The van der Waals surface area contributed by atoms with Gasteiger partial charge in [0.25, 0.3) is 0 Å². The minimum atomic E-state index is -3.72. The molecule has 144 valence electrons. The molecule has 1 aliphatic rings. The molecule has 0 bridgehead atoms. The molecule has 1 saturated carbocycles. The second kappa shape index (κ2) is 8.59. The Labute approximate surface area is 152 Å². The monoisotopic (exact) mass is 386 g/mol. The van der Waals surface area contributed by atoms with E-state index >= 15 is 0 Å². The minimum absolute atomic E-state index is 0.00322. The fraction of sp³-hybridized carbons (Fsp3) is 0.529. The van der Waals surface area contributed by atoms with E-state index in [-0.39, 0.29) is 29.8 Å². The molecule has 2 rings (SSSR count). The summed E-state index contributed by atoms with van der Waals surface area (Å²) in [4.78, 5) is 22.9. The van der Waals surface area contributed by atoms with Crippen LogP contribution in [-0.2, 0) is 19.6 Å². The Hall–Kier alpha value is -2.00. The van der Waals surface area contributed by atoms with E-state index in [0.29, 0.717) is 25.7 Å². The van der Waals surface area contributed by atoms with E-state index < -0.39 is 27.7 Å². The lowest BCUT2D eigenvalue weighted by molar-refractivity contribution is -0.141. The number of aliphatic carboxylic acids is 1. The van der Waals surface area contributed by atoms with E-state index in [1.807, 2.05) is 0 Å². The Balaban J connectivity index is 1.77. The van der Waals surface area contributed by atoms with Crippen LogP contribution in [-0.4, -0.2) is 49.3 Å². The fourth-order valence-electron chi connectivity index (χ4n) is 3.01. The zero-order chi connectivity index (χ0) is 19.3. The molecule has 0 heterocycles. The number of benzene rings is 1. The Morgan fingerprint density at radius 2 is 1.92 bits per heavy atom. The topological polar surface area (TPSA) is 104 Å². The van der Waals surface area contributed by atoms with Crippen molar-refractivity contribution in [1.82, 2.24) is 9.62 Å². The van der Waals surface area contributed by atoms with Crippen LogP contribution in [0.5, 0.6) is 0 Å². The minimum Gasteiger partial charge on any atom is -0.481 e. The van der Waals surface area contributed by atoms with Crippen molar-refractivity contribution in [3.8, 4) is 0 Å². The standard InChI is InChI=1S/C17H23FN2O5S/c1-20(26(24,25)15-8-5-13(18)6-9-15)10-2-3-16(21)19-14-7-4-12(11-14)17(22)23/h5-6,8-9,12,14H,2-4,7,10-11H2,1H3,(H,19,21)(H,22,23)/t12-,14+/m1/s1. The SMILES string of the molecule is CN(CCCC(=O)N[C@H]1CC[C@@H](C(=O)O)C1)S(=O)(=O)c1ccc(F)cc1. The third-order valence-corrected chi connectivity index (χ3v) is 6.42. The van der Waals surface area contributed by atoms with Crippen LogP contribution in [0, 0.1) is 11.7 Å². The van der Waals surface area contributed by atoms with Crippen molar-refractivity contribution in [2.24, 2.45) is 5.92 Å². The van der Waals surface area contributed by atoms with Crippen molar-refractivity contribution >= 4 is 21.9 Å². The average Bonchev–Trinajstić information content (AvgIpc) is 3.03. The Kier molecular flexibility index (Phi) is 6.71. The number of hydrogen-bond acceptors (Lipinski definition) is 4. The van der Waals surface area contributed by atoms with Gasteiger partial charge in [-0.1, -0.05) is 0 Å². The molecule has 0 aliphatic heterocycles. The first-order valence-electron chi connectivity index (χ1n) is 8.44. The molecule has 1 fully saturated rings. The number of carbonyl (C=O) groups excluding carboxylic acids is 1. The number of rotatable bonds is 8.